The summed E-state index contributed by atoms with van der Waals surface area (Å²) in [6.45, 7) is 0. The summed E-state index contributed by atoms with van der Waals surface area (Å²) in [5, 5.41) is 0. The first kappa shape index (κ1) is 9.57. The summed E-state index contributed by atoms with van der Waals surface area (Å²) in [4.78, 5) is 14.3. The first-order valence-corrected chi connectivity index (χ1v) is 4.07. The van der Waals surface area contributed by atoms with Crippen molar-refractivity contribution in [3.8, 4) is 0 Å². The van der Waals surface area contributed by atoms with Crippen molar-refractivity contribution in [3.05, 3.63) is 29.7 Å². The van der Waals surface area contributed by atoms with Crippen LogP contribution >= 0.6 is 0 Å². The van der Waals surface area contributed by atoms with Crippen LogP contribution in [0.4, 0.5) is 8.78 Å². The minimum absolute atomic E-state index is 0.0266. The van der Waals surface area contributed by atoms with Gasteiger partial charge in [0, 0.05) is 5.56 Å². The van der Waals surface area contributed by atoms with Gasteiger partial charge in [-0.2, -0.15) is 0 Å². The zero-order chi connectivity index (χ0) is 11.0. The molecule has 0 saturated heterocycles. The molecule has 78 valence electrons. The predicted octanol–water partition coefficient (Wildman–Crippen LogP) is 1.86. The number of primary amides is 1. The van der Waals surface area contributed by atoms with E-state index in [1.807, 2.05) is 0 Å². The van der Waals surface area contributed by atoms with Gasteiger partial charge in [0.25, 0.3) is 12.3 Å². The Morgan fingerprint density at radius 1 is 1.47 bits per heavy atom. The Kier molecular flexibility index (Phi) is 2.11. The van der Waals surface area contributed by atoms with E-state index < -0.39 is 12.3 Å². The molecule has 4 nitrogen and oxygen atoms in total. The summed E-state index contributed by atoms with van der Waals surface area (Å²) >= 11 is 0. The summed E-state index contributed by atoms with van der Waals surface area (Å²) in [6.07, 6.45) is -2.67. The number of nitrogens with zero attached hydrogens (tertiary/aromatic N) is 1. The number of hydrogen-bond acceptors (Lipinski definition) is 3. The fraction of sp³-hybridized carbons (Fsp3) is 0.111. The molecule has 1 heterocycles. The second-order valence-electron chi connectivity index (χ2n) is 2.88. The van der Waals surface area contributed by atoms with Crippen LogP contribution in [0.2, 0.25) is 0 Å². The van der Waals surface area contributed by atoms with Gasteiger partial charge >= 0.3 is 5.91 Å². The normalized spacial score (nSPS) is 11.1. The SMILES string of the molecule is NC(=O)c1nc2c(C(F)F)cccc2o1. The van der Waals surface area contributed by atoms with Crippen molar-refractivity contribution in [2.24, 2.45) is 5.73 Å². The van der Waals surface area contributed by atoms with Crippen molar-refractivity contribution >= 4 is 17.0 Å². The highest BCUT2D eigenvalue weighted by molar-refractivity contribution is 5.91. The second kappa shape index (κ2) is 3.30. The van der Waals surface area contributed by atoms with E-state index in [0.29, 0.717) is 0 Å². The molecule has 0 saturated carbocycles. The molecule has 0 aliphatic heterocycles. The minimum Gasteiger partial charge on any atom is -0.432 e. The Balaban J connectivity index is 2.69. The van der Waals surface area contributed by atoms with Crippen LogP contribution in [0.5, 0.6) is 0 Å². The minimum atomic E-state index is -2.67. The molecule has 2 aromatic rings. The summed E-state index contributed by atoms with van der Waals surface area (Å²) in [5.74, 6) is -1.25. The van der Waals surface area contributed by atoms with E-state index in [2.05, 4.69) is 4.98 Å². The molecule has 2 N–H and O–H groups in total. The van der Waals surface area contributed by atoms with Gasteiger partial charge in [-0.15, -0.1) is 0 Å². The van der Waals surface area contributed by atoms with E-state index in [0.717, 1.165) is 0 Å². The van der Waals surface area contributed by atoms with Crippen LogP contribution in [0.1, 0.15) is 22.7 Å². The number of carbonyl (C=O) groups is 1. The molecule has 1 aromatic heterocycles. The van der Waals surface area contributed by atoms with Crippen LogP contribution in [-0.2, 0) is 0 Å². The van der Waals surface area contributed by atoms with E-state index in [-0.39, 0.29) is 22.6 Å². The van der Waals surface area contributed by atoms with Gasteiger partial charge in [0.15, 0.2) is 5.58 Å². The van der Waals surface area contributed by atoms with Crippen LogP contribution in [0.15, 0.2) is 22.6 Å². The molecule has 0 bridgehead atoms. The summed E-state index contributed by atoms with van der Waals surface area (Å²) in [5.41, 5.74) is 4.75. The summed E-state index contributed by atoms with van der Waals surface area (Å²) < 4.78 is 29.9. The molecule has 0 unspecified atom stereocenters. The molecule has 6 heteroatoms. The van der Waals surface area contributed by atoms with Crippen molar-refractivity contribution in [3.63, 3.8) is 0 Å². The molecule has 2 rings (SSSR count). The third-order valence-electron chi connectivity index (χ3n) is 1.90. The number of carbonyl (C=O) groups excluding carboxylic acids is 1. The van der Waals surface area contributed by atoms with Crippen molar-refractivity contribution in [2.45, 2.75) is 6.43 Å². The number of hydrogen-bond donors (Lipinski definition) is 1. The van der Waals surface area contributed by atoms with Gasteiger partial charge in [0.1, 0.15) is 5.52 Å². The highest BCUT2D eigenvalue weighted by Crippen LogP contribution is 2.27. The fourth-order valence-corrected chi connectivity index (χ4v) is 1.25. The topological polar surface area (TPSA) is 69.1 Å². The predicted molar refractivity (Wildman–Crippen MR) is 47.5 cm³/mol. The van der Waals surface area contributed by atoms with Crippen LogP contribution in [0.3, 0.4) is 0 Å². The first-order chi connectivity index (χ1) is 7.09. The number of nitrogens with two attached hydrogens (primary N) is 1. The summed E-state index contributed by atoms with van der Waals surface area (Å²) in [6, 6.07) is 4.07. The van der Waals surface area contributed by atoms with Crippen molar-refractivity contribution in [1.29, 1.82) is 0 Å². The quantitative estimate of drug-likeness (QED) is 0.825. The number of amides is 1. The molecular weight excluding hydrogens is 206 g/mol. The van der Waals surface area contributed by atoms with Gasteiger partial charge in [-0.25, -0.2) is 13.8 Å². The average Bonchev–Trinajstić information content (AvgIpc) is 2.60. The summed E-state index contributed by atoms with van der Waals surface area (Å²) in [7, 11) is 0. The highest BCUT2D eigenvalue weighted by atomic mass is 19.3. The first-order valence-electron chi connectivity index (χ1n) is 4.07. The number of para-hydroxylation sites is 1. The lowest BCUT2D eigenvalue weighted by atomic mass is 10.2. The van der Waals surface area contributed by atoms with Crippen LogP contribution in [0, 0.1) is 0 Å². The number of alkyl halides is 2. The van der Waals surface area contributed by atoms with Gasteiger partial charge in [0.05, 0.1) is 0 Å². The lowest BCUT2D eigenvalue weighted by Gasteiger charge is -1.97. The Morgan fingerprint density at radius 2 is 2.20 bits per heavy atom. The molecule has 0 spiro atoms. The third-order valence-corrected chi connectivity index (χ3v) is 1.90. The maximum Gasteiger partial charge on any atom is 0.304 e. The fourth-order valence-electron chi connectivity index (χ4n) is 1.25. The third kappa shape index (κ3) is 1.54. The van der Waals surface area contributed by atoms with Crippen molar-refractivity contribution < 1.29 is 18.0 Å². The van der Waals surface area contributed by atoms with Crippen LogP contribution < -0.4 is 5.73 Å². The van der Waals surface area contributed by atoms with Gasteiger partial charge in [-0.05, 0) is 6.07 Å². The Hall–Kier alpha value is -1.98. The highest BCUT2D eigenvalue weighted by Gasteiger charge is 2.17. The zero-order valence-corrected chi connectivity index (χ0v) is 7.41. The Bertz CT molecular complexity index is 522. The van der Waals surface area contributed by atoms with E-state index >= 15 is 0 Å². The lowest BCUT2D eigenvalue weighted by Crippen LogP contribution is -2.10. The number of rotatable bonds is 2. The van der Waals surface area contributed by atoms with Crippen LogP contribution in [-0.4, -0.2) is 10.9 Å². The molecule has 0 radical (unpaired) electrons. The number of halogens is 2. The zero-order valence-electron chi connectivity index (χ0n) is 7.41. The maximum absolute atomic E-state index is 12.5. The molecule has 0 aliphatic rings. The largest absolute Gasteiger partial charge is 0.432 e. The van der Waals surface area contributed by atoms with E-state index in [1.54, 1.807) is 0 Å². The maximum atomic E-state index is 12.5. The van der Waals surface area contributed by atoms with Gasteiger partial charge in [-0.1, -0.05) is 12.1 Å². The standard InChI is InChI=1S/C9H6F2N2O2/c10-7(11)4-2-1-3-5-6(4)13-9(15-5)8(12)14/h1-3,7H,(H2,12,14). The monoisotopic (exact) mass is 212 g/mol. The number of aromatic nitrogens is 1. The smallest absolute Gasteiger partial charge is 0.304 e. The van der Waals surface area contributed by atoms with Crippen LogP contribution in [0.25, 0.3) is 11.1 Å². The van der Waals surface area contributed by atoms with Crippen molar-refractivity contribution in [1.82, 2.24) is 4.98 Å². The molecule has 1 amide bonds. The number of oxazole rings is 1. The lowest BCUT2D eigenvalue weighted by molar-refractivity contribution is 0.0969. The molecule has 15 heavy (non-hydrogen) atoms. The molecule has 0 fully saturated rings. The molecule has 0 aliphatic carbocycles. The van der Waals surface area contributed by atoms with E-state index in [1.165, 1.54) is 18.2 Å². The Labute approximate surface area is 82.7 Å². The number of fused-ring (bicyclic) bond motifs is 1. The van der Waals surface area contributed by atoms with E-state index in [9.17, 15) is 13.6 Å². The Morgan fingerprint density at radius 3 is 2.80 bits per heavy atom. The van der Waals surface area contributed by atoms with Crippen molar-refractivity contribution in [2.75, 3.05) is 0 Å². The number of benzene rings is 1. The molecule has 0 atom stereocenters. The van der Waals surface area contributed by atoms with Gasteiger partial charge in [-0.3, -0.25) is 4.79 Å². The molecule has 1 aromatic carbocycles. The van der Waals surface area contributed by atoms with Gasteiger partial charge < -0.3 is 10.2 Å². The average molecular weight is 212 g/mol. The molecular formula is C9H6F2N2O2. The second-order valence-corrected chi connectivity index (χ2v) is 2.88. The van der Waals surface area contributed by atoms with Gasteiger partial charge in [0.2, 0.25) is 0 Å². The van der Waals surface area contributed by atoms with E-state index in [4.69, 9.17) is 10.2 Å².